The number of nitrogens with one attached hydrogen (secondary N) is 2. The quantitative estimate of drug-likeness (QED) is 0.505. The van der Waals surface area contributed by atoms with Crippen molar-refractivity contribution in [2.45, 2.75) is 19.8 Å². The summed E-state index contributed by atoms with van der Waals surface area (Å²) in [5.74, 6) is 0.696. The zero-order chi connectivity index (χ0) is 21.5. The van der Waals surface area contributed by atoms with Crippen LogP contribution in [0.5, 0.6) is 0 Å². The number of para-hydroxylation sites is 1. The van der Waals surface area contributed by atoms with E-state index in [0.717, 1.165) is 5.56 Å². The molecule has 0 spiro atoms. The Bertz CT molecular complexity index is 1080. The Labute approximate surface area is 175 Å². The van der Waals surface area contributed by atoms with E-state index in [2.05, 4.69) is 46.2 Å². The van der Waals surface area contributed by atoms with Gasteiger partial charge in [0.15, 0.2) is 5.82 Å². The first kappa shape index (κ1) is 20.7. The van der Waals surface area contributed by atoms with Gasteiger partial charge in [-0.05, 0) is 47.9 Å². The summed E-state index contributed by atoms with van der Waals surface area (Å²) in [6, 6.07) is 12.7. The summed E-state index contributed by atoms with van der Waals surface area (Å²) in [6.45, 7) is 8.15. The molecule has 7 nitrogen and oxygen atoms in total. The first-order valence-corrected chi connectivity index (χ1v) is 9.51. The van der Waals surface area contributed by atoms with E-state index in [1.807, 2.05) is 36.4 Å². The number of amides is 1. The van der Waals surface area contributed by atoms with Crippen LogP contribution in [0.25, 0.3) is 6.08 Å². The van der Waals surface area contributed by atoms with Gasteiger partial charge in [-0.1, -0.05) is 38.6 Å². The van der Waals surface area contributed by atoms with Gasteiger partial charge in [-0.3, -0.25) is 9.78 Å². The number of hydrogen-bond acceptors (Lipinski definition) is 6. The number of carbonyl (C=O) groups is 1. The third kappa shape index (κ3) is 5.51. The molecule has 0 bridgehead atoms. The second kappa shape index (κ2) is 9.47. The standard InChI is InChI=1S/C23H24N6O/c1-15(2)17-12-22(29-26-14-17)27-16(3)9-10-21-20(24)11-18(13-25-21)23(30)28-19-7-5-4-6-8-19/h4-15H,3,24H2,1-2H3,(H,27,29)(H,28,30)/b10-9-. The molecule has 0 saturated heterocycles. The fourth-order valence-corrected chi connectivity index (χ4v) is 2.62. The Morgan fingerprint density at radius 1 is 1.13 bits per heavy atom. The molecule has 3 rings (SSSR count). The van der Waals surface area contributed by atoms with E-state index in [1.54, 1.807) is 24.4 Å². The van der Waals surface area contributed by atoms with E-state index in [1.165, 1.54) is 6.20 Å². The second-order valence-electron chi connectivity index (χ2n) is 7.03. The molecule has 7 heteroatoms. The van der Waals surface area contributed by atoms with Crippen molar-refractivity contribution < 1.29 is 4.79 Å². The first-order chi connectivity index (χ1) is 14.4. The average molecular weight is 400 g/mol. The number of nitrogens with zero attached hydrogens (tertiary/aromatic N) is 3. The number of nitrogen functional groups attached to an aromatic ring is 1. The number of hydrogen-bond donors (Lipinski definition) is 3. The lowest BCUT2D eigenvalue weighted by molar-refractivity contribution is 0.102. The van der Waals surface area contributed by atoms with Gasteiger partial charge in [0.2, 0.25) is 0 Å². The third-order valence-corrected chi connectivity index (χ3v) is 4.32. The van der Waals surface area contributed by atoms with Crippen LogP contribution >= 0.6 is 0 Å². The van der Waals surface area contributed by atoms with Crippen LogP contribution in [0.15, 0.2) is 73.2 Å². The van der Waals surface area contributed by atoms with E-state index < -0.39 is 0 Å². The molecule has 1 amide bonds. The molecule has 1 aromatic carbocycles. The monoisotopic (exact) mass is 400 g/mol. The van der Waals surface area contributed by atoms with Gasteiger partial charge in [0.25, 0.3) is 5.91 Å². The number of pyridine rings is 1. The van der Waals surface area contributed by atoms with Crippen LogP contribution in [0.3, 0.4) is 0 Å². The summed E-state index contributed by atoms with van der Waals surface area (Å²) < 4.78 is 0. The number of rotatable bonds is 7. The molecule has 0 aliphatic heterocycles. The van der Waals surface area contributed by atoms with E-state index in [9.17, 15) is 4.79 Å². The van der Waals surface area contributed by atoms with Crippen LogP contribution in [0.4, 0.5) is 17.2 Å². The Kier molecular flexibility index (Phi) is 6.54. The van der Waals surface area contributed by atoms with Gasteiger partial charge < -0.3 is 16.4 Å². The van der Waals surface area contributed by atoms with Crippen molar-refractivity contribution >= 4 is 29.2 Å². The molecule has 0 saturated carbocycles. The van der Waals surface area contributed by atoms with E-state index in [0.29, 0.717) is 40.1 Å². The summed E-state index contributed by atoms with van der Waals surface area (Å²) in [5.41, 5.74) is 9.78. The maximum atomic E-state index is 12.4. The van der Waals surface area contributed by atoms with Gasteiger partial charge in [-0.2, -0.15) is 5.10 Å². The van der Waals surface area contributed by atoms with Gasteiger partial charge in [0, 0.05) is 17.6 Å². The summed E-state index contributed by atoms with van der Waals surface area (Å²) in [4.78, 5) is 16.6. The average Bonchev–Trinajstić information content (AvgIpc) is 2.73. The van der Waals surface area contributed by atoms with E-state index in [4.69, 9.17) is 5.73 Å². The van der Waals surface area contributed by atoms with Gasteiger partial charge in [-0.15, -0.1) is 5.10 Å². The molecular weight excluding hydrogens is 376 g/mol. The molecule has 0 atom stereocenters. The molecule has 152 valence electrons. The summed E-state index contributed by atoms with van der Waals surface area (Å²) in [6.07, 6.45) is 6.70. The summed E-state index contributed by atoms with van der Waals surface area (Å²) in [7, 11) is 0. The van der Waals surface area contributed by atoms with Crippen molar-refractivity contribution in [2.24, 2.45) is 0 Å². The minimum atomic E-state index is -0.273. The van der Waals surface area contributed by atoms with E-state index >= 15 is 0 Å². The highest BCUT2D eigenvalue weighted by atomic mass is 16.1. The highest BCUT2D eigenvalue weighted by Gasteiger charge is 2.09. The fourth-order valence-electron chi connectivity index (χ4n) is 2.62. The molecule has 0 unspecified atom stereocenters. The van der Waals surface area contributed by atoms with Crippen molar-refractivity contribution in [2.75, 3.05) is 16.4 Å². The van der Waals surface area contributed by atoms with Crippen molar-refractivity contribution in [3.05, 3.63) is 90.0 Å². The second-order valence-corrected chi connectivity index (χ2v) is 7.03. The highest BCUT2D eigenvalue weighted by molar-refractivity contribution is 6.04. The minimum Gasteiger partial charge on any atom is -0.397 e. The Morgan fingerprint density at radius 2 is 1.90 bits per heavy atom. The normalized spacial score (nSPS) is 10.9. The predicted molar refractivity (Wildman–Crippen MR) is 121 cm³/mol. The van der Waals surface area contributed by atoms with Crippen LogP contribution in [0.1, 0.15) is 41.4 Å². The lowest BCUT2D eigenvalue weighted by Crippen LogP contribution is -2.13. The van der Waals surface area contributed by atoms with Gasteiger partial charge >= 0.3 is 0 Å². The molecule has 2 aromatic heterocycles. The topological polar surface area (TPSA) is 106 Å². The van der Waals surface area contributed by atoms with Gasteiger partial charge in [0.1, 0.15) is 0 Å². The van der Waals surface area contributed by atoms with Crippen LogP contribution < -0.4 is 16.4 Å². The zero-order valence-electron chi connectivity index (χ0n) is 17.0. The molecule has 3 aromatic rings. The molecule has 0 aliphatic rings. The molecule has 0 fully saturated rings. The summed E-state index contributed by atoms with van der Waals surface area (Å²) in [5, 5.41) is 14.0. The van der Waals surface area contributed by atoms with Crippen molar-refractivity contribution in [1.29, 1.82) is 0 Å². The number of carbonyl (C=O) groups excluding carboxylic acids is 1. The lowest BCUT2D eigenvalue weighted by Gasteiger charge is -2.09. The van der Waals surface area contributed by atoms with Crippen molar-refractivity contribution in [3.8, 4) is 0 Å². The van der Waals surface area contributed by atoms with Crippen LogP contribution in [-0.2, 0) is 0 Å². The third-order valence-electron chi connectivity index (χ3n) is 4.32. The minimum absolute atomic E-state index is 0.273. The van der Waals surface area contributed by atoms with Crippen molar-refractivity contribution in [1.82, 2.24) is 15.2 Å². The van der Waals surface area contributed by atoms with Crippen molar-refractivity contribution in [3.63, 3.8) is 0 Å². The Morgan fingerprint density at radius 3 is 2.60 bits per heavy atom. The number of nitrogens with two attached hydrogens (primary N) is 1. The molecule has 0 radical (unpaired) electrons. The molecule has 0 aliphatic carbocycles. The SMILES string of the molecule is C=C(/C=C\c1ncc(C(=O)Nc2ccccc2)cc1N)Nc1cc(C(C)C)cnn1. The van der Waals surface area contributed by atoms with E-state index in [-0.39, 0.29) is 5.91 Å². The molecular formula is C23H24N6O. The molecule has 2 heterocycles. The number of aromatic nitrogens is 3. The largest absolute Gasteiger partial charge is 0.397 e. The predicted octanol–water partition coefficient (Wildman–Crippen LogP) is 4.47. The summed E-state index contributed by atoms with van der Waals surface area (Å²) >= 11 is 0. The number of anilines is 3. The maximum absolute atomic E-state index is 12.4. The smallest absolute Gasteiger partial charge is 0.257 e. The Balaban J connectivity index is 1.65. The zero-order valence-corrected chi connectivity index (χ0v) is 17.0. The number of allylic oxidation sites excluding steroid dienone is 1. The highest BCUT2D eigenvalue weighted by Crippen LogP contribution is 2.18. The van der Waals surface area contributed by atoms with Gasteiger partial charge in [-0.25, -0.2) is 0 Å². The van der Waals surface area contributed by atoms with Crippen LogP contribution in [0, 0.1) is 0 Å². The van der Waals surface area contributed by atoms with Gasteiger partial charge in [0.05, 0.1) is 23.1 Å². The van der Waals surface area contributed by atoms with Crippen LogP contribution in [-0.4, -0.2) is 21.1 Å². The lowest BCUT2D eigenvalue weighted by atomic mass is 10.1. The fraction of sp³-hybridized carbons (Fsp3) is 0.130. The maximum Gasteiger partial charge on any atom is 0.257 e. The first-order valence-electron chi connectivity index (χ1n) is 9.51. The Hall–Kier alpha value is -4.00. The molecule has 4 N–H and O–H groups in total. The van der Waals surface area contributed by atoms with Crippen LogP contribution in [0.2, 0.25) is 0 Å². The number of benzene rings is 1. The molecule has 30 heavy (non-hydrogen) atoms.